The molecule has 0 bridgehead atoms. The van der Waals surface area contributed by atoms with E-state index in [1.807, 2.05) is 4.90 Å². The van der Waals surface area contributed by atoms with Crippen molar-refractivity contribution in [2.45, 2.75) is 25.9 Å². The molecule has 0 aromatic carbocycles. The van der Waals surface area contributed by atoms with Crippen LogP contribution >= 0.6 is 0 Å². The SMILES string of the molecule is CCC1=NO[C@H](CNC(=O)N2CCN(c3cnccn3)CC2)C1. The van der Waals surface area contributed by atoms with E-state index in [4.69, 9.17) is 4.84 Å². The van der Waals surface area contributed by atoms with Crippen molar-refractivity contribution in [1.82, 2.24) is 20.2 Å². The number of oxime groups is 1. The number of amides is 2. The Kier molecular flexibility index (Phi) is 4.89. The highest BCUT2D eigenvalue weighted by molar-refractivity contribution is 5.85. The van der Waals surface area contributed by atoms with Crippen molar-refractivity contribution < 1.29 is 9.63 Å². The first-order chi connectivity index (χ1) is 11.3. The van der Waals surface area contributed by atoms with Crippen molar-refractivity contribution in [2.24, 2.45) is 5.16 Å². The van der Waals surface area contributed by atoms with E-state index in [2.05, 4.69) is 32.3 Å². The summed E-state index contributed by atoms with van der Waals surface area (Å²) in [6.07, 6.45) is 6.76. The minimum absolute atomic E-state index is 0.0326. The zero-order valence-corrected chi connectivity index (χ0v) is 13.3. The molecular weight excluding hydrogens is 296 g/mol. The van der Waals surface area contributed by atoms with Crippen LogP contribution in [0.15, 0.2) is 23.7 Å². The molecule has 1 aromatic rings. The van der Waals surface area contributed by atoms with Crippen LogP contribution in [0.2, 0.25) is 0 Å². The Morgan fingerprint density at radius 1 is 1.35 bits per heavy atom. The molecule has 0 aliphatic carbocycles. The summed E-state index contributed by atoms with van der Waals surface area (Å²) in [6, 6.07) is -0.0441. The van der Waals surface area contributed by atoms with Gasteiger partial charge in [-0.25, -0.2) is 9.78 Å². The Bertz CT molecular complexity index is 556. The van der Waals surface area contributed by atoms with Gasteiger partial charge in [-0.05, 0) is 6.42 Å². The standard InChI is InChI=1S/C15H22N6O2/c1-2-12-9-13(23-19-12)10-18-15(22)21-7-5-20(6-8-21)14-11-16-3-4-17-14/h3-4,11,13H,2,5-10H2,1H3,(H,18,22)/t13-/m0/s1. The molecule has 3 heterocycles. The van der Waals surface area contributed by atoms with E-state index in [1.165, 1.54) is 0 Å². The van der Waals surface area contributed by atoms with Crippen LogP contribution in [0.5, 0.6) is 0 Å². The molecule has 0 saturated carbocycles. The average Bonchev–Trinajstić information content (AvgIpc) is 3.09. The summed E-state index contributed by atoms with van der Waals surface area (Å²) < 4.78 is 0. The normalized spacial score (nSPS) is 20.9. The number of urea groups is 1. The Morgan fingerprint density at radius 3 is 2.83 bits per heavy atom. The number of hydrogen-bond donors (Lipinski definition) is 1. The van der Waals surface area contributed by atoms with Crippen molar-refractivity contribution in [3.05, 3.63) is 18.6 Å². The maximum absolute atomic E-state index is 12.2. The highest BCUT2D eigenvalue weighted by Gasteiger charge is 2.24. The van der Waals surface area contributed by atoms with Gasteiger partial charge in [-0.3, -0.25) is 4.98 Å². The van der Waals surface area contributed by atoms with Crippen LogP contribution in [0, 0.1) is 0 Å². The van der Waals surface area contributed by atoms with Gasteiger partial charge < -0.3 is 20.0 Å². The van der Waals surface area contributed by atoms with Crippen LogP contribution in [-0.4, -0.2) is 65.4 Å². The van der Waals surface area contributed by atoms with Gasteiger partial charge in [-0.15, -0.1) is 0 Å². The van der Waals surface area contributed by atoms with E-state index in [-0.39, 0.29) is 12.1 Å². The van der Waals surface area contributed by atoms with Gasteiger partial charge in [0.2, 0.25) is 0 Å². The molecule has 1 fully saturated rings. The Balaban J connectivity index is 1.40. The van der Waals surface area contributed by atoms with Gasteiger partial charge in [0.25, 0.3) is 0 Å². The molecule has 0 unspecified atom stereocenters. The highest BCUT2D eigenvalue weighted by atomic mass is 16.6. The highest BCUT2D eigenvalue weighted by Crippen LogP contribution is 2.13. The van der Waals surface area contributed by atoms with Crippen LogP contribution in [0.4, 0.5) is 10.6 Å². The molecule has 124 valence electrons. The lowest BCUT2D eigenvalue weighted by molar-refractivity contribution is 0.0847. The number of rotatable bonds is 4. The van der Waals surface area contributed by atoms with Crippen molar-refractivity contribution in [2.75, 3.05) is 37.6 Å². The van der Waals surface area contributed by atoms with E-state index < -0.39 is 0 Å². The Labute approximate surface area is 135 Å². The molecule has 2 aliphatic rings. The molecule has 2 amide bonds. The van der Waals surface area contributed by atoms with Crippen molar-refractivity contribution in [3.8, 4) is 0 Å². The molecule has 1 atom stereocenters. The molecule has 8 heteroatoms. The van der Waals surface area contributed by atoms with Crippen molar-refractivity contribution >= 4 is 17.6 Å². The van der Waals surface area contributed by atoms with E-state index in [0.29, 0.717) is 19.6 Å². The fourth-order valence-electron chi connectivity index (χ4n) is 2.71. The van der Waals surface area contributed by atoms with Crippen molar-refractivity contribution in [1.29, 1.82) is 0 Å². The van der Waals surface area contributed by atoms with Crippen LogP contribution in [0.1, 0.15) is 19.8 Å². The average molecular weight is 318 g/mol. The molecule has 0 radical (unpaired) electrons. The zero-order chi connectivity index (χ0) is 16.1. The van der Waals surface area contributed by atoms with Gasteiger partial charge in [0.15, 0.2) is 0 Å². The number of aromatic nitrogens is 2. The zero-order valence-electron chi connectivity index (χ0n) is 13.3. The number of carbonyl (C=O) groups is 1. The summed E-state index contributed by atoms with van der Waals surface area (Å²) in [5.74, 6) is 0.858. The maximum Gasteiger partial charge on any atom is 0.317 e. The fourth-order valence-corrected chi connectivity index (χ4v) is 2.71. The summed E-state index contributed by atoms with van der Waals surface area (Å²) in [7, 11) is 0. The first kappa shape index (κ1) is 15.5. The van der Waals surface area contributed by atoms with Gasteiger partial charge in [0.1, 0.15) is 11.9 Å². The van der Waals surface area contributed by atoms with Crippen LogP contribution < -0.4 is 10.2 Å². The van der Waals surface area contributed by atoms with Crippen molar-refractivity contribution in [3.63, 3.8) is 0 Å². The lowest BCUT2D eigenvalue weighted by Crippen LogP contribution is -2.52. The van der Waals surface area contributed by atoms with Gasteiger partial charge in [0.05, 0.1) is 18.5 Å². The summed E-state index contributed by atoms with van der Waals surface area (Å²) in [6.45, 7) is 5.41. The minimum atomic E-state index is -0.0441. The minimum Gasteiger partial charge on any atom is -0.390 e. The number of nitrogens with zero attached hydrogens (tertiary/aromatic N) is 5. The summed E-state index contributed by atoms with van der Waals surface area (Å²) in [5.41, 5.74) is 1.06. The summed E-state index contributed by atoms with van der Waals surface area (Å²) in [4.78, 5) is 29.9. The second kappa shape index (κ2) is 7.26. The van der Waals surface area contributed by atoms with E-state index in [9.17, 15) is 4.79 Å². The Morgan fingerprint density at radius 2 is 2.17 bits per heavy atom. The third-order valence-electron chi connectivity index (χ3n) is 4.12. The van der Waals surface area contributed by atoms with E-state index in [1.54, 1.807) is 18.6 Å². The fraction of sp³-hybridized carbons (Fsp3) is 0.600. The molecule has 1 aromatic heterocycles. The topological polar surface area (TPSA) is 83.0 Å². The third kappa shape index (κ3) is 3.88. The molecule has 1 saturated heterocycles. The summed E-state index contributed by atoms with van der Waals surface area (Å²) >= 11 is 0. The van der Waals surface area contributed by atoms with Gasteiger partial charge in [-0.1, -0.05) is 12.1 Å². The number of piperazine rings is 1. The molecule has 3 rings (SSSR count). The molecule has 1 N–H and O–H groups in total. The Hall–Kier alpha value is -2.38. The maximum atomic E-state index is 12.2. The lowest BCUT2D eigenvalue weighted by Gasteiger charge is -2.35. The van der Waals surface area contributed by atoms with E-state index >= 15 is 0 Å². The number of anilines is 1. The monoisotopic (exact) mass is 318 g/mol. The molecule has 2 aliphatic heterocycles. The van der Waals surface area contributed by atoms with E-state index in [0.717, 1.165) is 37.5 Å². The summed E-state index contributed by atoms with van der Waals surface area (Å²) in [5, 5.41) is 6.94. The predicted octanol–water partition coefficient (Wildman–Crippen LogP) is 0.863. The second-order valence-electron chi connectivity index (χ2n) is 5.67. The largest absolute Gasteiger partial charge is 0.390 e. The number of carbonyl (C=O) groups excluding carboxylic acids is 1. The van der Waals surface area contributed by atoms with Crippen LogP contribution in [0.3, 0.4) is 0 Å². The second-order valence-corrected chi connectivity index (χ2v) is 5.67. The molecule has 23 heavy (non-hydrogen) atoms. The molecule has 0 spiro atoms. The first-order valence-corrected chi connectivity index (χ1v) is 8.01. The first-order valence-electron chi connectivity index (χ1n) is 8.01. The van der Waals surface area contributed by atoms with Crippen LogP contribution in [0.25, 0.3) is 0 Å². The lowest BCUT2D eigenvalue weighted by atomic mass is 10.1. The van der Waals surface area contributed by atoms with Gasteiger partial charge >= 0.3 is 6.03 Å². The number of hydrogen-bond acceptors (Lipinski definition) is 6. The quantitative estimate of drug-likeness (QED) is 0.890. The third-order valence-corrected chi connectivity index (χ3v) is 4.12. The number of nitrogens with one attached hydrogen (secondary N) is 1. The van der Waals surface area contributed by atoms with Crippen LogP contribution in [-0.2, 0) is 4.84 Å². The molecule has 8 nitrogen and oxygen atoms in total. The van der Waals surface area contributed by atoms with Gasteiger partial charge in [0, 0.05) is 45.0 Å². The molecular formula is C15H22N6O2. The van der Waals surface area contributed by atoms with Gasteiger partial charge in [-0.2, -0.15) is 0 Å². The smallest absolute Gasteiger partial charge is 0.317 e. The predicted molar refractivity (Wildman–Crippen MR) is 86.4 cm³/mol.